The second kappa shape index (κ2) is 6.63. The summed E-state index contributed by atoms with van der Waals surface area (Å²) in [6.45, 7) is 1.93. The van der Waals surface area contributed by atoms with Crippen LogP contribution in [0, 0.1) is 17.5 Å². The Morgan fingerprint density at radius 1 is 1.05 bits per heavy atom. The highest BCUT2D eigenvalue weighted by Gasteiger charge is 2.14. The van der Waals surface area contributed by atoms with E-state index in [1.807, 2.05) is 6.92 Å². The lowest BCUT2D eigenvalue weighted by atomic mass is 10.0. The molecule has 0 radical (unpaired) electrons. The molecule has 5 heteroatoms. The molecule has 1 atom stereocenters. The fraction of sp³-hybridized carbons (Fsp3) is 0.250. The Morgan fingerprint density at radius 3 is 2.48 bits per heavy atom. The van der Waals surface area contributed by atoms with E-state index >= 15 is 0 Å². The van der Waals surface area contributed by atoms with Crippen LogP contribution in [0.25, 0.3) is 0 Å². The van der Waals surface area contributed by atoms with Crippen LogP contribution in [-0.2, 0) is 6.42 Å². The van der Waals surface area contributed by atoms with Crippen LogP contribution in [0.4, 0.5) is 13.2 Å². The van der Waals surface area contributed by atoms with E-state index < -0.39 is 17.5 Å². The predicted molar refractivity (Wildman–Crippen MR) is 74.8 cm³/mol. The topological polar surface area (TPSA) is 35.2 Å². The number of nitrogens with two attached hydrogens (primary N) is 1. The average molecular weight is 295 g/mol. The van der Waals surface area contributed by atoms with Gasteiger partial charge in [-0.3, -0.25) is 0 Å². The maximum absolute atomic E-state index is 13.9. The lowest BCUT2D eigenvalue weighted by Gasteiger charge is -2.15. The van der Waals surface area contributed by atoms with Crippen LogP contribution in [-0.4, -0.2) is 6.04 Å². The van der Waals surface area contributed by atoms with Crippen LogP contribution in [0.3, 0.4) is 0 Å². The summed E-state index contributed by atoms with van der Waals surface area (Å²) in [4.78, 5) is 0. The summed E-state index contributed by atoms with van der Waals surface area (Å²) in [5.74, 6) is -2.57. The number of para-hydroxylation sites is 1. The Balaban J connectivity index is 2.31. The molecule has 0 aliphatic carbocycles. The summed E-state index contributed by atoms with van der Waals surface area (Å²) < 4.78 is 45.4. The first-order valence-corrected chi connectivity index (χ1v) is 6.67. The van der Waals surface area contributed by atoms with Gasteiger partial charge in [-0.1, -0.05) is 19.1 Å². The molecule has 112 valence electrons. The highest BCUT2D eigenvalue weighted by Crippen LogP contribution is 2.30. The summed E-state index contributed by atoms with van der Waals surface area (Å²) in [7, 11) is 0. The van der Waals surface area contributed by atoms with Crippen LogP contribution in [0.2, 0.25) is 0 Å². The van der Waals surface area contributed by atoms with Crippen molar-refractivity contribution >= 4 is 0 Å². The van der Waals surface area contributed by atoms with Crippen LogP contribution in [0.1, 0.15) is 18.9 Å². The molecule has 0 aliphatic rings. The fourth-order valence-electron chi connectivity index (χ4n) is 1.91. The van der Waals surface area contributed by atoms with Gasteiger partial charge in [0.1, 0.15) is 5.75 Å². The van der Waals surface area contributed by atoms with Gasteiger partial charge < -0.3 is 10.5 Å². The highest BCUT2D eigenvalue weighted by atomic mass is 19.2. The summed E-state index contributed by atoms with van der Waals surface area (Å²) in [6.07, 6.45) is 1.17. The molecule has 0 spiro atoms. The SMILES string of the molecule is CCC(N)Cc1cccc(F)c1Oc1ccc(F)c(F)c1. The molecule has 0 bridgehead atoms. The molecule has 0 fully saturated rings. The Labute approximate surface area is 121 Å². The van der Waals surface area contributed by atoms with Crippen molar-refractivity contribution in [1.29, 1.82) is 0 Å². The minimum absolute atomic E-state index is 0.00703. The first kappa shape index (κ1) is 15.4. The Hall–Kier alpha value is -2.01. The normalized spacial score (nSPS) is 12.2. The van der Waals surface area contributed by atoms with Crippen LogP contribution in [0.5, 0.6) is 11.5 Å². The zero-order chi connectivity index (χ0) is 15.4. The second-order valence-corrected chi connectivity index (χ2v) is 4.78. The number of hydrogen-bond acceptors (Lipinski definition) is 2. The third kappa shape index (κ3) is 3.76. The van der Waals surface area contributed by atoms with Gasteiger partial charge in [-0.15, -0.1) is 0 Å². The molecular formula is C16H16F3NO. The summed E-state index contributed by atoms with van der Waals surface area (Å²) in [5.41, 5.74) is 6.47. The molecule has 2 aromatic rings. The molecule has 21 heavy (non-hydrogen) atoms. The molecule has 0 amide bonds. The lowest BCUT2D eigenvalue weighted by Crippen LogP contribution is -2.21. The molecule has 0 aliphatic heterocycles. The van der Waals surface area contributed by atoms with Crippen molar-refractivity contribution in [1.82, 2.24) is 0 Å². The number of halogens is 3. The molecule has 0 saturated heterocycles. The first-order chi connectivity index (χ1) is 10.0. The molecule has 1 unspecified atom stereocenters. The number of benzene rings is 2. The van der Waals surface area contributed by atoms with E-state index in [0.29, 0.717) is 12.0 Å². The average Bonchev–Trinajstić information content (AvgIpc) is 2.46. The second-order valence-electron chi connectivity index (χ2n) is 4.78. The van der Waals surface area contributed by atoms with Gasteiger partial charge >= 0.3 is 0 Å². The van der Waals surface area contributed by atoms with Crippen molar-refractivity contribution < 1.29 is 17.9 Å². The molecule has 0 saturated carbocycles. The third-order valence-corrected chi connectivity index (χ3v) is 3.17. The standard InChI is InChI=1S/C16H16F3NO/c1-2-11(20)8-10-4-3-5-14(18)16(10)21-12-6-7-13(17)15(19)9-12/h3-7,9,11H,2,8,20H2,1H3. The minimum atomic E-state index is -1.05. The van der Waals surface area contributed by atoms with Gasteiger partial charge in [0, 0.05) is 12.1 Å². The summed E-state index contributed by atoms with van der Waals surface area (Å²) in [5, 5.41) is 0. The van der Waals surface area contributed by atoms with E-state index in [-0.39, 0.29) is 17.5 Å². The van der Waals surface area contributed by atoms with Crippen LogP contribution >= 0.6 is 0 Å². The van der Waals surface area contributed by atoms with E-state index in [2.05, 4.69) is 0 Å². The molecule has 0 heterocycles. The van der Waals surface area contributed by atoms with Crippen LogP contribution < -0.4 is 10.5 Å². The van der Waals surface area contributed by atoms with Crippen molar-refractivity contribution in [2.45, 2.75) is 25.8 Å². The van der Waals surface area contributed by atoms with E-state index in [1.54, 1.807) is 12.1 Å². The summed E-state index contributed by atoms with van der Waals surface area (Å²) in [6, 6.07) is 7.44. The molecular weight excluding hydrogens is 279 g/mol. The zero-order valence-electron chi connectivity index (χ0n) is 11.6. The number of ether oxygens (including phenoxy) is 1. The lowest BCUT2D eigenvalue weighted by molar-refractivity contribution is 0.425. The van der Waals surface area contributed by atoms with Crippen molar-refractivity contribution in [2.24, 2.45) is 5.73 Å². The van der Waals surface area contributed by atoms with Gasteiger partial charge in [0.05, 0.1) is 0 Å². The van der Waals surface area contributed by atoms with E-state index in [1.165, 1.54) is 12.1 Å². The van der Waals surface area contributed by atoms with Crippen LogP contribution in [0.15, 0.2) is 36.4 Å². The third-order valence-electron chi connectivity index (χ3n) is 3.17. The van der Waals surface area contributed by atoms with Crippen molar-refractivity contribution in [2.75, 3.05) is 0 Å². The minimum Gasteiger partial charge on any atom is -0.454 e. The molecule has 2 nitrogen and oxygen atoms in total. The fourth-order valence-corrected chi connectivity index (χ4v) is 1.91. The maximum atomic E-state index is 13.9. The van der Waals surface area contributed by atoms with Gasteiger partial charge in [-0.2, -0.15) is 0 Å². The van der Waals surface area contributed by atoms with Gasteiger partial charge in [0.2, 0.25) is 0 Å². The van der Waals surface area contributed by atoms with E-state index in [9.17, 15) is 13.2 Å². The quantitative estimate of drug-likeness (QED) is 0.898. The van der Waals surface area contributed by atoms with E-state index in [4.69, 9.17) is 10.5 Å². The highest BCUT2D eigenvalue weighted by molar-refractivity contribution is 5.39. The van der Waals surface area contributed by atoms with Gasteiger partial charge in [-0.05, 0) is 36.6 Å². The molecule has 0 aromatic heterocycles. The molecule has 2 rings (SSSR count). The smallest absolute Gasteiger partial charge is 0.166 e. The van der Waals surface area contributed by atoms with Crippen molar-refractivity contribution in [3.8, 4) is 11.5 Å². The molecule has 2 N–H and O–H groups in total. The maximum Gasteiger partial charge on any atom is 0.166 e. The zero-order valence-corrected chi connectivity index (χ0v) is 11.6. The number of hydrogen-bond donors (Lipinski definition) is 1. The predicted octanol–water partition coefficient (Wildman–Crippen LogP) is 4.18. The monoisotopic (exact) mass is 295 g/mol. The summed E-state index contributed by atoms with van der Waals surface area (Å²) >= 11 is 0. The van der Waals surface area contributed by atoms with Crippen molar-refractivity contribution in [3.63, 3.8) is 0 Å². The van der Waals surface area contributed by atoms with Gasteiger partial charge in [-0.25, -0.2) is 13.2 Å². The Bertz CT molecular complexity index is 631. The van der Waals surface area contributed by atoms with Crippen molar-refractivity contribution in [3.05, 3.63) is 59.4 Å². The Morgan fingerprint density at radius 2 is 1.81 bits per heavy atom. The Kier molecular flexibility index (Phi) is 4.85. The first-order valence-electron chi connectivity index (χ1n) is 6.67. The number of rotatable bonds is 5. The van der Waals surface area contributed by atoms with Gasteiger partial charge in [0.25, 0.3) is 0 Å². The molecule has 2 aromatic carbocycles. The van der Waals surface area contributed by atoms with E-state index in [0.717, 1.165) is 18.6 Å². The van der Waals surface area contributed by atoms with Gasteiger partial charge in [0.15, 0.2) is 23.2 Å². The largest absolute Gasteiger partial charge is 0.454 e.